The summed E-state index contributed by atoms with van der Waals surface area (Å²) in [6, 6.07) is 17.5. The van der Waals surface area contributed by atoms with Crippen molar-refractivity contribution in [2.45, 2.75) is 25.4 Å². The number of fused-ring (bicyclic) bond motifs is 1. The minimum absolute atomic E-state index is 0.0813. The molecule has 2 aromatic carbocycles. The van der Waals surface area contributed by atoms with Crippen LogP contribution in [-0.2, 0) is 6.54 Å². The summed E-state index contributed by atoms with van der Waals surface area (Å²) < 4.78 is 0. The van der Waals surface area contributed by atoms with Crippen LogP contribution in [0.3, 0.4) is 0 Å². The van der Waals surface area contributed by atoms with E-state index >= 15 is 0 Å². The molecule has 1 aliphatic heterocycles. The number of benzene rings is 2. The highest BCUT2D eigenvalue weighted by Crippen LogP contribution is 2.21. The highest BCUT2D eigenvalue weighted by molar-refractivity contribution is 5.98. The van der Waals surface area contributed by atoms with Crippen molar-refractivity contribution in [3.05, 3.63) is 65.9 Å². The number of amides is 1. The van der Waals surface area contributed by atoms with Crippen LogP contribution in [0.15, 0.2) is 54.6 Å². The maximum Gasteiger partial charge on any atom is 0.267 e. The van der Waals surface area contributed by atoms with Gasteiger partial charge < -0.3 is 15.4 Å². The lowest BCUT2D eigenvalue weighted by Crippen LogP contribution is -2.44. The molecule has 1 aromatic heterocycles. The van der Waals surface area contributed by atoms with Crippen LogP contribution in [0.25, 0.3) is 10.9 Å². The molecule has 0 spiro atoms. The number of phenols is 1. The van der Waals surface area contributed by atoms with E-state index in [1.807, 2.05) is 6.07 Å². The Morgan fingerprint density at radius 1 is 1.12 bits per heavy atom. The Bertz CT molecular complexity index is 896. The summed E-state index contributed by atoms with van der Waals surface area (Å²) in [5.41, 5.74) is 2.72. The molecule has 1 saturated heterocycles. The molecule has 0 saturated carbocycles. The molecule has 0 radical (unpaired) electrons. The van der Waals surface area contributed by atoms with Crippen LogP contribution < -0.4 is 5.32 Å². The number of phenolic OH excluding ortho intramolecular Hbond substituents is 1. The Morgan fingerprint density at radius 3 is 2.65 bits per heavy atom. The number of nitrogens with zero attached hydrogens (tertiary/aromatic N) is 1. The van der Waals surface area contributed by atoms with Crippen molar-refractivity contribution in [1.82, 2.24) is 15.2 Å². The molecule has 3 N–H and O–H groups in total. The molecule has 0 unspecified atom stereocenters. The molecule has 2 heterocycles. The standard InChI is InChI=1S/C21H23N3O2/c25-18-6-7-19-16(12-18)13-20(23-19)21(26)22-17-8-10-24(11-9-17)14-15-4-2-1-3-5-15/h1-7,12-13,17,23,25H,8-11,14H2,(H,22,26). The molecule has 134 valence electrons. The number of aromatic amines is 1. The third kappa shape index (κ3) is 3.73. The maximum atomic E-state index is 12.5. The van der Waals surface area contributed by atoms with Crippen LogP contribution in [-0.4, -0.2) is 40.0 Å². The first-order chi connectivity index (χ1) is 12.7. The van der Waals surface area contributed by atoms with Gasteiger partial charge in [0, 0.05) is 36.6 Å². The van der Waals surface area contributed by atoms with E-state index in [1.54, 1.807) is 24.3 Å². The summed E-state index contributed by atoms with van der Waals surface area (Å²) >= 11 is 0. The number of likely N-dealkylation sites (tertiary alicyclic amines) is 1. The van der Waals surface area contributed by atoms with Crippen LogP contribution in [0.5, 0.6) is 5.75 Å². The van der Waals surface area contributed by atoms with Gasteiger partial charge in [-0.3, -0.25) is 9.69 Å². The van der Waals surface area contributed by atoms with E-state index in [1.165, 1.54) is 5.56 Å². The fraction of sp³-hybridized carbons (Fsp3) is 0.286. The molecular formula is C21H23N3O2. The van der Waals surface area contributed by atoms with Crippen LogP contribution in [0, 0.1) is 0 Å². The predicted octanol–water partition coefficient (Wildman–Crippen LogP) is 3.27. The van der Waals surface area contributed by atoms with E-state index in [0.717, 1.165) is 43.4 Å². The van der Waals surface area contributed by atoms with Gasteiger partial charge in [-0.25, -0.2) is 0 Å². The van der Waals surface area contributed by atoms with Crippen LogP contribution in [0.2, 0.25) is 0 Å². The fourth-order valence-electron chi connectivity index (χ4n) is 3.58. The molecule has 5 heteroatoms. The molecule has 1 aliphatic rings. The number of aromatic hydroxyl groups is 1. The number of piperidine rings is 1. The number of rotatable bonds is 4. The smallest absolute Gasteiger partial charge is 0.267 e. The third-order valence-electron chi connectivity index (χ3n) is 5.02. The molecule has 0 bridgehead atoms. The summed E-state index contributed by atoms with van der Waals surface area (Å²) in [6.45, 7) is 2.94. The Labute approximate surface area is 152 Å². The quantitative estimate of drug-likeness (QED) is 0.677. The van der Waals surface area contributed by atoms with Gasteiger partial charge in [-0.05, 0) is 42.7 Å². The topological polar surface area (TPSA) is 68.4 Å². The first kappa shape index (κ1) is 16.7. The molecule has 0 atom stereocenters. The lowest BCUT2D eigenvalue weighted by molar-refractivity contribution is 0.0904. The maximum absolute atomic E-state index is 12.5. The molecule has 3 aromatic rings. The fourth-order valence-corrected chi connectivity index (χ4v) is 3.58. The highest BCUT2D eigenvalue weighted by atomic mass is 16.3. The van der Waals surface area contributed by atoms with Crippen molar-refractivity contribution < 1.29 is 9.90 Å². The molecule has 26 heavy (non-hydrogen) atoms. The Morgan fingerprint density at radius 2 is 1.88 bits per heavy atom. The second kappa shape index (κ2) is 7.22. The zero-order chi connectivity index (χ0) is 17.9. The van der Waals surface area contributed by atoms with E-state index in [-0.39, 0.29) is 17.7 Å². The van der Waals surface area contributed by atoms with Crippen LogP contribution in [0.1, 0.15) is 28.9 Å². The van der Waals surface area contributed by atoms with Gasteiger partial charge in [0.2, 0.25) is 0 Å². The van der Waals surface area contributed by atoms with E-state index < -0.39 is 0 Å². The minimum atomic E-state index is -0.0813. The molecular weight excluding hydrogens is 326 g/mol. The van der Waals surface area contributed by atoms with E-state index in [4.69, 9.17) is 0 Å². The van der Waals surface area contributed by atoms with Gasteiger partial charge in [0.25, 0.3) is 5.91 Å². The van der Waals surface area contributed by atoms with E-state index in [9.17, 15) is 9.90 Å². The molecule has 1 fully saturated rings. The van der Waals surface area contributed by atoms with E-state index in [0.29, 0.717) is 5.69 Å². The lowest BCUT2D eigenvalue weighted by atomic mass is 10.0. The van der Waals surface area contributed by atoms with Gasteiger partial charge in [-0.15, -0.1) is 0 Å². The molecule has 5 nitrogen and oxygen atoms in total. The first-order valence-corrected chi connectivity index (χ1v) is 9.06. The average Bonchev–Trinajstić information content (AvgIpc) is 3.07. The number of carbonyl (C=O) groups excluding carboxylic acids is 1. The average molecular weight is 349 g/mol. The first-order valence-electron chi connectivity index (χ1n) is 9.06. The van der Waals surface area contributed by atoms with Gasteiger partial charge >= 0.3 is 0 Å². The van der Waals surface area contributed by atoms with Crippen molar-refractivity contribution in [2.24, 2.45) is 0 Å². The number of nitrogens with one attached hydrogen (secondary N) is 2. The Balaban J connectivity index is 1.32. The van der Waals surface area contributed by atoms with Crippen molar-refractivity contribution in [3.8, 4) is 5.75 Å². The zero-order valence-electron chi connectivity index (χ0n) is 14.6. The summed E-state index contributed by atoms with van der Waals surface area (Å²) in [6.07, 6.45) is 1.92. The summed E-state index contributed by atoms with van der Waals surface area (Å²) in [5, 5.41) is 13.5. The van der Waals surface area contributed by atoms with Gasteiger partial charge in [0.05, 0.1) is 0 Å². The van der Waals surface area contributed by atoms with Crippen LogP contribution >= 0.6 is 0 Å². The Hall–Kier alpha value is -2.79. The molecule has 4 rings (SSSR count). The van der Waals surface area contributed by atoms with Gasteiger partial charge in [-0.2, -0.15) is 0 Å². The van der Waals surface area contributed by atoms with Crippen molar-refractivity contribution in [2.75, 3.05) is 13.1 Å². The number of H-pyrrole nitrogens is 1. The second-order valence-corrected chi connectivity index (χ2v) is 6.96. The monoisotopic (exact) mass is 349 g/mol. The van der Waals surface area contributed by atoms with Gasteiger partial charge in [0.1, 0.15) is 11.4 Å². The second-order valence-electron chi connectivity index (χ2n) is 6.96. The zero-order valence-corrected chi connectivity index (χ0v) is 14.6. The SMILES string of the molecule is O=C(NC1CCN(Cc2ccccc2)CC1)c1cc2cc(O)ccc2[nH]1. The van der Waals surface area contributed by atoms with Crippen molar-refractivity contribution >= 4 is 16.8 Å². The van der Waals surface area contributed by atoms with E-state index in [2.05, 4.69) is 39.5 Å². The number of hydrogen-bond donors (Lipinski definition) is 3. The minimum Gasteiger partial charge on any atom is -0.508 e. The van der Waals surface area contributed by atoms with Gasteiger partial charge in [-0.1, -0.05) is 30.3 Å². The van der Waals surface area contributed by atoms with Gasteiger partial charge in [0.15, 0.2) is 0 Å². The summed E-state index contributed by atoms with van der Waals surface area (Å²) in [5.74, 6) is 0.122. The molecule has 0 aliphatic carbocycles. The van der Waals surface area contributed by atoms with Crippen molar-refractivity contribution in [1.29, 1.82) is 0 Å². The molecule has 1 amide bonds. The normalized spacial score (nSPS) is 16.0. The lowest BCUT2D eigenvalue weighted by Gasteiger charge is -2.32. The summed E-state index contributed by atoms with van der Waals surface area (Å²) in [7, 11) is 0. The van der Waals surface area contributed by atoms with Crippen molar-refractivity contribution in [3.63, 3.8) is 0 Å². The largest absolute Gasteiger partial charge is 0.508 e. The van der Waals surface area contributed by atoms with Crippen LogP contribution in [0.4, 0.5) is 0 Å². The third-order valence-corrected chi connectivity index (χ3v) is 5.02. The number of aromatic nitrogens is 1. The Kier molecular flexibility index (Phi) is 4.63. The number of hydrogen-bond acceptors (Lipinski definition) is 3. The summed E-state index contributed by atoms with van der Waals surface area (Å²) in [4.78, 5) is 18.1. The highest BCUT2D eigenvalue weighted by Gasteiger charge is 2.21. The number of carbonyl (C=O) groups is 1. The predicted molar refractivity (Wildman–Crippen MR) is 102 cm³/mol.